The van der Waals surface area contributed by atoms with E-state index >= 15 is 0 Å². The van der Waals surface area contributed by atoms with Crippen LogP contribution in [0.3, 0.4) is 0 Å². The Kier molecular flexibility index (Phi) is 4.40. The highest BCUT2D eigenvalue weighted by atomic mass is 35.5. The average Bonchev–Trinajstić information content (AvgIpc) is 3.14. The molecule has 2 aromatic carbocycles. The summed E-state index contributed by atoms with van der Waals surface area (Å²) in [4.78, 5) is 13.1. The van der Waals surface area contributed by atoms with Crippen LogP contribution in [0, 0.1) is 0 Å². The van der Waals surface area contributed by atoms with Gasteiger partial charge in [-0.3, -0.25) is 4.79 Å². The Balaban J connectivity index is 2.07. The zero-order valence-corrected chi connectivity index (χ0v) is 16.8. The molecule has 5 nitrogen and oxygen atoms in total. The van der Waals surface area contributed by atoms with Crippen molar-refractivity contribution in [2.24, 2.45) is 7.05 Å². The van der Waals surface area contributed by atoms with E-state index in [4.69, 9.17) is 11.6 Å². The van der Waals surface area contributed by atoms with Gasteiger partial charge in [0.15, 0.2) is 9.84 Å². The van der Waals surface area contributed by atoms with Gasteiger partial charge in [0.05, 0.1) is 16.3 Å². The molecule has 0 spiro atoms. The van der Waals surface area contributed by atoms with Crippen LogP contribution in [0.1, 0.15) is 0 Å². The van der Waals surface area contributed by atoms with Crippen molar-refractivity contribution in [3.63, 3.8) is 0 Å². The summed E-state index contributed by atoms with van der Waals surface area (Å²) in [5, 5.41) is 0.622. The number of nitrogens with zero attached hydrogens (tertiary/aromatic N) is 2. The van der Waals surface area contributed by atoms with E-state index in [1.54, 1.807) is 54.1 Å². The summed E-state index contributed by atoms with van der Waals surface area (Å²) < 4.78 is 27.0. The zero-order valence-electron chi connectivity index (χ0n) is 15.3. The lowest BCUT2D eigenvalue weighted by Crippen LogP contribution is -2.22. The van der Waals surface area contributed by atoms with E-state index in [1.807, 2.05) is 28.8 Å². The molecule has 0 aliphatic carbocycles. The summed E-state index contributed by atoms with van der Waals surface area (Å²) in [5.74, 6) is 0. The Hall–Kier alpha value is -2.83. The summed E-state index contributed by atoms with van der Waals surface area (Å²) in [6, 6.07) is 17.6. The molecular weight excluding hydrogens is 396 g/mol. The van der Waals surface area contributed by atoms with Gasteiger partial charge in [0.1, 0.15) is 5.52 Å². The molecule has 0 atom stereocenters. The van der Waals surface area contributed by atoms with Crippen LogP contribution in [-0.4, -0.2) is 23.6 Å². The Morgan fingerprint density at radius 1 is 0.857 bits per heavy atom. The Morgan fingerprint density at radius 3 is 2.04 bits per heavy atom. The van der Waals surface area contributed by atoms with Crippen LogP contribution in [0.2, 0.25) is 5.02 Å². The number of rotatable bonds is 3. The molecule has 0 unspecified atom stereocenters. The molecule has 28 heavy (non-hydrogen) atoms. The van der Waals surface area contributed by atoms with Crippen LogP contribution in [0.15, 0.2) is 76.6 Å². The van der Waals surface area contributed by atoms with E-state index in [0.29, 0.717) is 16.2 Å². The third kappa shape index (κ3) is 3.04. The van der Waals surface area contributed by atoms with Gasteiger partial charge >= 0.3 is 0 Å². The zero-order chi connectivity index (χ0) is 20.1. The standard InChI is InChI=1S/C21H17ClN2O3S/c1-23-19(14-7-11-17(12-8-14)28(2,26)27)20(15-5-9-16(22)10-6-15)24-13-3-4-18(24)21(23)25/h3-13H,1-2H3. The first kappa shape index (κ1) is 18.5. The van der Waals surface area contributed by atoms with E-state index in [0.717, 1.165) is 16.8 Å². The van der Waals surface area contributed by atoms with Crippen LogP contribution >= 0.6 is 11.6 Å². The predicted octanol–water partition coefficient (Wildman–Crippen LogP) is 4.03. The van der Waals surface area contributed by atoms with Crippen LogP contribution in [-0.2, 0) is 16.9 Å². The average molecular weight is 413 g/mol. The molecule has 7 heteroatoms. The molecule has 0 fully saturated rings. The third-order valence-electron chi connectivity index (χ3n) is 4.75. The quantitative estimate of drug-likeness (QED) is 0.510. The van der Waals surface area contributed by atoms with Crippen molar-refractivity contribution in [2.75, 3.05) is 6.26 Å². The minimum atomic E-state index is -3.30. The molecule has 0 aliphatic heterocycles. The first-order valence-electron chi connectivity index (χ1n) is 8.54. The van der Waals surface area contributed by atoms with Crippen molar-refractivity contribution in [1.82, 2.24) is 8.97 Å². The van der Waals surface area contributed by atoms with Gasteiger partial charge in [-0.05, 0) is 36.4 Å². The fourth-order valence-electron chi connectivity index (χ4n) is 3.37. The number of aromatic nitrogens is 2. The van der Waals surface area contributed by atoms with Gasteiger partial charge in [0.25, 0.3) is 5.56 Å². The number of sulfone groups is 1. The molecule has 0 radical (unpaired) electrons. The molecule has 0 aliphatic rings. The monoisotopic (exact) mass is 412 g/mol. The van der Waals surface area contributed by atoms with Gasteiger partial charge in [-0.15, -0.1) is 0 Å². The number of hydrogen-bond donors (Lipinski definition) is 0. The molecule has 0 bridgehead atoms. The second-order valence-corrected chi connectivity index (χ2v) is 9.08. The maximum atomic E-state index is 12.9. The summed E-state index contributed by atoms with van der Waals surface area (Å²) in [5.41, 5.74) is 3.58. The topological polar surface area (TPSA) is 60.6 Å². The highest BCUT2D eigenvalue weighted by molar-refractivity contribution is 7.90. The summed E-state index contributed by atoms with van der Waals surface area (Å²) >= 11 is 6.05. The molecule has 2 aromatic heterocycles. The number of halogens is 1. The van der Waals surface area contributed by atoms with Crippen molar-refractivity contribution in [3.8, 4) is 22.5 Å². The van der Waals surface area contributed by atoms with Crippen LogP contribution < -0.4 is 5.56 Å². The third-order valence-corrected chi connectivity index (χ3v) is 6.13. The van der Waals surface area contributed by atoms with Crippen LogP contribution in [0.25, 0.3) is 28.0 Å². The summed E-state index contributed by atoms with van der Waals surface area (Å²) in [6.45, 7) is 0. The summed E-state index contributed by atoms with van der Waals surface area (Å²) in [7, 11) is -1.58. The minimum Gasteiger partial charge on any atom is -0.310 e. The molecule has 0 N–H and O–H groups in total. The Morgan fingerprint density at radius 2 is 1.43 bits per heavy atom. The molecule has 0 saturated heterocycles. The molecule has 4 rings (SSSR count). The normalized spacial score (nSPS) is 11.8. The molecular formula is C21H17ClN2O3S. The van der Waals surface area contributed by atoms with Gasteiger partial charge < -0.3 is 8.97 Å². The number of fused-ring (bicyclic) bond motifs is 1. The number of hydrogen-bond acceptors (Lipinski definition) is 3. The largest absolute Gasteiger partial charge is 0.310 e. The lowest BCUT2D eigenvalue weighted by atomic mass is 10.0. The Labute approximate surface area is 167 Å². The highest BCUT2D eigenvalue weighted by Gasteiger charge is 2.18. The maximum Gasteiger partial charge on any atom is 0.275 e. The lowest BCUT2D eigenvalue weighted by molar-refractivity contribution is 0.602. The van der Waals surface area contributed by atoms with Crippen molar-refractivity contribution in [1.29, 1.82) is 0 Å². The maximum absolute atomic E-state index is 12.9. The second-order valence-electron chi connectivity index (χ2n) is 6.63. The molecule has 142 valence electrons. The highest BCUT2D eigenvalue weighted by Crippen LogP contribution is 2.33. The molecule has 4 aromatic rings. The van der Waals surface area contributed by atoms with Gasteiger partial charge in [-0.1, -0.05) is 35.9 Å². The smallest absolute Gasteiger partial charge is 0.275 e. The van der Waals surface area contributed by atoms with Gasteiger partial charge in [0.2, 0.25) is 0 Å². The van der Waals surface area contributed by atoms with E-state index in [9.17, 15) is 13.2 Å². The first-order valence-corrected chi connectivity index (χ1v) is 10.8. The van der Waals surface area contributed by atoms with E-state index in [2.05, 4.69) is 0 Å². The second kappa shape index (κ2) is 6.65. The van der Waals surface area contributed by atoms with Gasteiger partial charge in [-0.25, -0.2) is 8.42 Å². The van der Waals surface area contributed by atoms with E-state index in [1.165, 1.54) is 6.26 Å². The number of benzene rings is 2. The fourth-order valence-corrected chi connectivity index (χ4v) is 4.13. The molecule has 0 saturated carbocycles. The van der Waals surface area contributed by atoms with E-state index < -0.39 is 9.84 Å². The predicted molar refractivity (Wildman–Crippen MR) is 112 cm³/mol. The van der Waals surface area contributed by atoms with Crippen molar-refractivity contribution >= 4 is 27.0 Å². The van der Waals surface area contributed by atoms with Crippen LogP contribution in [0.4, 0.5) is 0 Å². The lowest BCUT2D eigenvalue weighted by Gasteiger charge is -2.18. The molecule has 2 heterocycles. The fraction of sp³-hybridized carbons (Fsp3) is 0.0952. The minimum absolute atomic E-state index is 0.134. The van der Waals surface area contributed by atoms with E-state index in [-0.39, 0.29) is 10.5 Å². The summed E-state index contributed by atoms with van der Waals surface area (Å²) in [6.07, 6.45) is 3.01. The van der Waals surface area contributed by atoms with Gasteiger partial charge in [0, 0.05) is 35.6 Å². The van der Waals surface area contributed by atoms with Crippen LogP contribution in [0.5, 0.6) is 0 Å². The van der Waals surface area contributed by atoms with Crippen molar-refractivity contribution in [3.05, 3.63) is 82.2 Å². The SMILES string of the molecule is Cn1c(-c2ccc(S(C)(=O)=O)cc2)c(-c2ccc(Cl)cc2)n2cccc2c1=O. The van der Waals surface area contributed by atoms with Crippen molar-refractivity contribution < 1.29 is 8.42 Å². The first-order chi connectivity index (χ1) is 13.3. The van der Waals surface area contributed by atoms with Crippen molar-refractivity contribution in [2.45, 2.75) is 4.90 Å². The Bertz CT molecular complexity index is 1350. The van der Waals surface area contributed by atoms with Gasteiger partial charge in [-0.2, -0.15) is 0 Å². The molecule has 0 amide bonds.